The van der Waals surface area contributed by atoms with E-state index in [0.29, 0.717) is 30.8 Å². The first-order chi connectivity index (χ1) is 11.6. The van der Waals surface area contributed by atoms with E-state index in [1.54, 1.807) is 7.11 Å². The van der Waals surface area contributed by atoms with Gasteiger partial charge < -0.3 is 24.8 Å². The van der Waals surface area contributed by atoms with Crippen molar-refractivity contribution in [2.24, 2.45) is 0 Å². The summed E-state index contributed by atoms with van der Waals surface area (Å²) in [5, 5.41) is 29.4. The van der Waals surface area contributed by atoms with E-state index in [1.807, 2.05) is 31.2 Å². The second-order valence-corrected chi connectivity index (χ2v) is 5.42. The fourth-order valence-electron chi connectivity index (χ4n) is 2.86. The lowest BCUT2D eigenvalue weighted by atomic mass is 9.90. The van der Waals surface area contributed by atoms with E-state index in [1.165, 1.54) is 6.07 Å². The van der Waals surface area contributed by atoms with Crippen LogP contribution in [0.3, 0.4) is 0 Å². The Labute approximate surface area is 142 Å². The molecule has 0 heterocycles. The highest BCUT2D eigenvalue weighted by atomic mass is 16.5. The smallest absolute Gasteiger partial charge is 0.127 e. The second kappa shape index (κ2) is 8.57. The number of phenols is 2. The van der Waals surface area contributed by atoms with Crippen LogP contribution in [0.5, 0.6) is 17.2 Å². The number of methoxy groups -OCH3 is 1. The van der Waals surface area contributed by atoms with Gasteiger partial charge in [-0.15, -0.1) is 0 Å². The van der Waals surface area contributed by atoms with Gasteiger partial charge in [-0.3, -0.25) is 0 Å². The van der Waals surface area contributed by atoms with Crippen molar-refractivity contribution in [1.29, 1.82) is 0 Å². The lowest BCUT2D eigenvalue weighted by molar-refractivity contribution is 0.0943. The molecule has 0 saturated carbocycles. The van der Waals surface area contributed by atoms with Crippen LogP contribution in [-0.2, 0) is 17.6 Å². The molecule has 130 valence electrons. The van der Waals surface area contributed by atoms with Crippen molar-refractivity contribution in [3.63, 3.8) is 0 Å². The monoisotopic (exact) mass is 332 g/mol. The molecule has 2 aromatic rings. The summed E-state index contributed by atoms with van der Waals surface area (Å²) in [5.74, 6) is 0.800. The molecule has 0 fully saturated rings. The third-order valence-corrected chi connectivity index (χ3v) is 3.95. The van der Waals surface area contributed by atoms with Crippen LogP contribution in [0.25, 0.3) is 11.1 Å². The summed E-state index contributed by atoms with van der Waals surface area (Å²) in [6.45, 7) is 2.59. The molecule has 3 N–H and O–H groups in total. The fraction of sp³-hybridized carbons (Fsp3) is 0.368. The minimum atomic E-state index is -0.0331. The Balaban J connectivity index is 2.51. The molecule has 0 radical (unpaired) electrons. The number of hydrogen-bond donors (Lipinski definition) is 3. The zero-order valence-electron chi connectivity index (χ0n) is 14.1. The summed E-state index contributed by atoms with van der Waals surface area (Å²) >= 11 is 0. The summed E-state index contributed by atoms with van der Waals surface area (Å²) < 4.78 is 10.6. The van der Waals surface area contributed by atoms with E-state index in [2.05, 4.69) is 0 Å². The van der Waals surface area contributed by atoms with Crippen LogP contribution in [0.2, 0.25) is 0 Å². The fourth-order valence-corrected chi connectivity index (χ4v) is 2.86. The Bertz CT molecular complexity index is 682. The molecule has 2 aromatic carbocycles. The standard InChI is InChI=1S/C19H24O5/c1-3-15-16(7-9-24-10-8-20)19(18(22)12-17(15)21)13-5-4-6-14(11-13)23-2/h4-6,11-12,20-22H,3,7-10H2,1-2H3. The van der Waals surface area contributed by atoms with Gasteiger partial charge in [0.15, 0.2) is 0 Å². The average molecular weight is 332 g/mol. The Morgan fingerprint density at radius 1 is 1.00 bits per heavy atom. The zero-order chi connectivity index (χ0) is 17.5. The molecule has 5 heteroatoms. The van der Waals surface area contributed by atoms with Crippen LogP contribution in [-0.4, -0.2) is 42.3 Å². The summed E-state index contributed by atoms with van der Waals surface area (Å²) in [6, 6.07) is 8.82. The van der Waals surface area contributed by atoms with E-state index < -0.39 is 0 Å². The van der Waals surface area contributed by atoms with Gasteiger partial charge in [0.25, 0.3) is 0 Å². The summed E-state index contributed by atoms with van der Waals surface area (Å²) in [4.78, 5) is 0. The topological polar surface area (TPSA) is 79.2 Å². The predicted octanol–water partition coefficient (Wildman–Crippen LogP) is 2.89. The first-order valence-corrected chi connectivity index (χ1v) is 8.02. The van der Waals surface area contributed by atoms with Gasteiger partial charge in [0, 0.05) is 11.6 Å². The number of rotatable bonds is 8. The quantitative estimate of drug-likeness (QED) is 0.648. The number of aliphatic hydroxyl groups excluding tert-OH is 1. The SMILES string of the molecule is CCc1c(O)cc(O)c(-c2cccc(OC)c2)c1CCOCCO. The molecule has 0 spiro atoms. The van der Waals surface area contributed by atoms with Crippen LogP contribution in [0, 0.1) is 0 Å². The first kappa shape index (κ1) is 18.1. The van der Waals surface area contributed by atoms with Gasteiger partial charge in [0.1, 0.15) is 17.2 Å². The lowest BCUT2D eigenvalue weighted by Crippen LogP contribution is -2.06. The van der Waals surface area contributed by atoms with E-state index in [0.717, 1.165) is 16.7 Å². The van der Waals surface area contributed by atoms with E-state index >= 15 is 0 Å². The molecule has 2 rings (SSSR count). The van der Waals surface area contributed by atoms with Crippen molar-refractivity contribution in [3.05, 3.63) is 41.5 Å². The highest BCUT2D eigenvalue weighted by Crippen LogP contribution is 2.40. The van der Waals surface area contributed by atoms with Crippen LogP contribution >= 0.6 is 0 Å². The molecular formula is C19H24O5. The van der Waals surface area contributed by atoms with E-state index in [-0.39, 0.29) is 24.7 Å². The van der Waals surface area contributed by atoms with Crippen molar-refractivity contribution in [2.75, 3.05) is 26.9 Å². The number of aromatic hydroxyl groups is 2. The number of hydrogen-bond acceptors (Lipinski definition) is 5. The van der Waals surface area contributed by atoms with Gasteiger partial charge in [-0.2, -0.15) is 0 Å². The van der Waals surface area contributed by atoms with Gasteiger partial charge in [-0.05, 0) is 41.7 Å². The molecule has 0 amide bonds. The number of ether oxygens (including phenoxy) is 2. The number of phenolic OH excluding ortho intramolecular Hbond substituents is 2. The summed E-state index contributed by atoms with van der Waals surface area (Å²) in [5.41, 5.74) is 3.13. The molecule has 0 aliphatic rings. The molecule has 0 aliphatic heterocycles. The highest BCUT2D eigenvalue weighted by Gasteiger charge is 2.18. The zero-order valence-corrected chi connectivity index (χ0v) is 14.1. The van der Waals surface area contributed by atoms with Crippen molar-refractivity contribution < 1.29 is 24.8 Å². The van der Waals surface area contributed by atoms with Crippen LogP contribution in [0.4, 0.5) is 0 Å². The largest absolute Gasteiger partial charge is 0.508 e. The van der Waals surface area contributed by atoms with E-state index in [9.17, 15) is 10.2 Å². The number of benzene rings is 2. The van der Waals surface area contributed by atoms with Gasteiger partial charge in [-0.1, -0.05) is 19.1 Å². The Morgan fingerprint density at radius 3 is 2.46 bits per heavy atom. The van der Waals surface area contributed by atoms with Crippen molar-refractivity contribution in [3.8, 4) is 28.4 Å². The van der Waals surface area contributed by atoms with Crippen LogP contribution < -0.4 is 4.74 Å². The third kappa shape index (κ3) is 3.99. The molecule has 5 nitrogen and oxygen atoms in total. The maximum atomic E-state index is 10.4. The van der Waals surface area contributed by atoms with Gasteiger partial charge >= 0.3 is 0 Å². The van der Waals surface area contributed by atoms with Gasteiger partial charge in [0.2, 0.25) is 0 Å². The molecule has 0 saturated heterocycles. The maximum Gasteiger partial charge on any atom is 0.127 e. The van der Waals surface area contributed by atoms with Gasteiger partial charge in [-0.25, -0.2) is 0 Å². The molecule has 0 aromatic heterocycles. The molecule has 0 atom stereocenters. The maximum absolute atomic E-state index is 10.4. The minimum absolute atomic E-state index is 0.0233. The van der Waals surface area contributed by atoms with Crippen LogP contribution in [0.1, 0.15) is 18.1 Å². The third-order valence-electron chi connectivity index (χ3n) is 3.95. The Hall–Kier alpha value is -2.24. The lowest BCUT2D eigenvalue weighted by Gasteiger charge is -2.18. The molecule has 0 bridgehead atoms. The van der Waals surface area contributed by atoms with Gasteiger partial charge in [0.05, 0.1) is 26.9 Å². The van der Waals surface area contributed by atoms with Crippen molar-refractivity contribution >= 4 is 0 Å². The number of aliphatic hydroxyl groups is 1. The van der Waals surface area contributed by atoms with E-state index in [4.69, 9.17) is 14.6 Å². The molecular weight excluding hydrogens is 308 g/mol. The predicted molar refractivity (Wildman–Crippen MR) is 92.7 cm³/mol. The Kier molecular flexibility index (Phi) is 6.46. The highest BCUT2D eigenvalue weighted by molar-refractivity contribution is 5.77. The normalized spacial score (nSPS) is 10.8. The Morgan fingerprint density at radius 2 is 1.79 bits per heavy atom. The summed E-state index contributed by atoms with van der Waals surface area (Å²) in [6.07, 6.45) is 1.16. The summed E-state index contributed by atoms with van der Waals surface area (Å²) in [7, 11) is 1.59. The first-order valence-electron chi connectivity index (χ1n) is 8.02. The van der Waals surface area contributed by atoms with Crippen molar-refractivity contribution in [1.82, 2.24) is 0 Å². The molecule has 0 aliphatic carbocycles. The minimum Gasteiger partial charge on any atom is -0.508 e. The van der Waals surface area contributed by atoms with Crippen molar-refractivity contribution in [2.45, 2.75) is 19.8 Å². The molecule has 0 unspecified atom stereocenters. The second-order valence-electron chi connectivity index (χ2n) is 5.42. The van der Waals surface area contributed by atoms with Crippen LogP contribution in [0.15, 0.2) is 30.3 Å². The average Bonchev–Trinajstić information content (AvgIpc) is 2.58. The molecule has 24 heavy (non-hydrogen) atoms.